The van der Waals surface area contributed by atoms with Gasteiger partial charge in [0.05, 0.1) is 5.03 Å². The Bertz CT molecular complexity index is 993. The third-order valence-corrected chi connectivity index (χ3v) is 4.84. The lowest BCUT2D eigenvalue weighted by Gasteiger charge is -2.12. The van der Waals surface area contributed by atoms with Gasteiger partial charge in [0.15, 0.2) is 0 Å². The van der Waals surface area contributed by atoms with Gasteiger partial charge < -0.3 is 0 Å². The molecule has 0 saturated heterocycles. The molecule has 6 heteroatoms. The zero-order chi connectivity index (χ0) is 17.6. The lowest BCUT2D eigenvalue weighted by atomic mass is 10.2. The van der Waals surface area contributed by atoms with Crippen LogP contribution in [0.3, 0.4) is 0 Å². The predicted molar refractivity (Wildman–Crippen MR) is 99.9 cm³/mol. The minimum absolute atomic E-state index is 0.351. The van der Waals surface area contributed by atoms with E-state index in [9.17, 15) is 9.59 Å². The van der Waals surface area contributed by atoms with Gasteiger partial charge in [-0.3, -0.25) is 19.3 Å². The molecule has 5 nitrogen and oxygen atoms in total. The van der Waals surface area contributed by atoms with E-state index in [1.807, 2.05) is 54.6 Å². The molecule has 0 aliphatic carbocycles. The summed E-state index contributed by atoms with van der Waals surface area (Å²) < 4.78 is 1.57. The summed E-state index contributed by atoms with van der Waals surface area (Å²) in [6.45, 7) is 2.09. The highest BCUT2D eigenvalue weighted by Gasteiger charge is 2.12. The number of hydrogen-bond acceptors (Lipinski definition) is 4. The van der Waals surface area contributed by atoms with E-state index in [1.54, 1.807) is 23.9 Å². The Morgan fingerprint density at radius 2 is 1.96 bits per heavy atom. The van der Waals surface area contributed by atoms with E-state index < -0.39 is 5.69 Å². The van der Waals surface area contributed by atoms with E-state index in [0.717, 1.165) is 10.5 Å². The molecule has 0 aliphatic heterocycles. The summed E-state index contributed by atoms with van der Waals surface area (Å²) >= 11 is 1.41. The van der Waals surface area contributed by atoms with Crippen LogP contribution in [0.25, 0.3) is 6.08 Å². The molecule has 0 spiro atoms. The Balaban J connectivity index is 1.95. The van der Waals surface area contributed by atoms with Gasteiger partial charge in [0.2, 0.25) is 0 Å². The van der Waals surface area contributed by atoms with Crippen LogP contribution in [-0.4, -0.2) is 14.5 Å². The molecule has 0 fully saturated rings. The highest BCUT2D eigenvalue weighted by molar-refractivity contribution is 7.99. The van der Waals surface area contributed by atoms with Crippen LogP contribution in [0.15, 0.2) is 80.4 Å². The van der Waals surface area contributed by atoms with Crippen molar-refractivity contribution in [3.05, 3.63) is 92.9 Å². The summed E-state index contributed by atoms with van der Waals surface area (Å²) in [5.74, 6) is 0. The molecule has 0 radical (unpaired) electrons. The number of nitrogens with zero attached hydrogens (tertiary/aromatic N) is 2. The number of allylic oxidation sites excluding steroid dienone is 1. The molecule has 0 aliphatic rings. The van der Waals surface area contributed by atoms with Crippen molar-refractivity contribution in [1.29, 1.82) is 0 Å². The fourth-order valence-corrected chi connectivity index (χ4v) is 3.35. The number of pyridine rings is 1. The van der Waals surface area contributed by atoms with Gasteiger partial charge in [0.25, 0.3) is 5.56 Å². The van der Waals surface area contributed by atoms with Crippen LogP contribution in [0.2, 0.25) is 0 Å². The normalized spacial score (nSPS) is 11.1. The number of aromatic amines is 1. The molecule has 0 amide bonds. The van der Waals surface area contributed by atoms with E-state index in [1.165, 1.54) is 11.8 Å². The Labute approximate surface area is 149 Å². The van der Waals surface area contributed by atoms with Gasteiger partial charge in [-0.2, -0.15) is 0 Å². The quantitative estimate of drug-likeness (QED) is 0.717. The number of H-pyrrole nitrogens is 1. The maximum absolute atomic E-state index is 12.3. The van der Waals surface area contributed by atoms with Crippen molar-refractivity contribution in [2.75, 3.05) is 0 Å². The molecule has 126 valence electrons. The zero-order valence-electron chi connectivity index (χ0n) is 13.7. The van der Waals surface area contributed by atoms with Crippen molar-refractivity contribution in [2.45, 2.75) is 23.4 Å². The third kappa shape index (κ3) is 4.16. The molecule has 1 N–H and O–H groups in total. The summed E-state index contributed by atoms with van der Waals surface area (Å²) in [6.07, 6.45) is 7.24. The maximum Gasteiger partial charge on any atom is 0.329 e. The Morgan fingerprint density at radius 3 is 2.68 bits per heavy atom. The van der Waals surface area contributed by atoms with E-state index in [4.69, 9.17) is 0 Å². The molecule has 0 unspecified atom stereocenters. The first kappa shape index (κ1) is 17.0. The largest absolute Gasteiger partial charge is 0.329 e. The average Bonchev–Trinajstić information content (AvgIpc) is 2.63. The Hall–Kier alpha value is -2.86. The first-order chi connectivity index (χ1) is 12.1. The van der Waals surface area contributed by atoms with Crippen molar-refractivity contribution in [3.8, 4) is 0 Å². The molecule has 3 aromatic rings. The second-order valence-electron chi connectivity index (χ2n) is 5.40. The standard InChI is InChI=1S/C19H17N3O2S/c1-14-17(23)21-19(24)22(12-6-8-15-7-5-11-20-13-15)18(14)25-16-9-3-2-4-10-16/h2-11,13H,12H2,1H3,(H,21,23,24). The molecule has 25 heavy (non-hydrogen) atoms. The van der Waals surface area contributed by atoms with Crippen LogP contribution >= 0.6 is 11.8 Å². The van der Waals surface area contributed by atoms with Crippen molar-refractivity contribution in [2.24, 2.45) is 0 Å². The molecular weight excluding hydrogens is 334 g/mol. The van der Waals surface area contributed by atoms with Crippen LogP contribution in [-0.2, 0) is 6.54 Å². The number of aromatic nitrogens is 3. The fourth-order valence-electron chi connectivity index (χ4n) is 2.32. The van der Waals surface area contributed by atoms with Crippen LogP contribution in [0.4, 0.5) is 0 Å². The van der Waals surface area contributed by atoms with Gasteiger partial charge in [-0.1, -0.05) is 48.2 Å². The number of hydrogen-bond donors (Lipinski definition) is 1. The summed E-state index contributed by atoms with van der Waals surface area (Å²) in [4.78, 5) is 31.7. The summed E-state index contributed by atoms with van der Waals surface area (Å²) in [7, 11) is 0. The van der Waals surface area contributed by atoms with Gasteiger partial charge in [-0.25, -0.2) is 4.79 Å². The predicted octanol–water partition coefficient (Wildman–Crippen LogP) is 3.10. The van der Waals surface area contributed by atoms with Crippen LogP contribution in [0.5, 0.6) is 0 Å². The molecular formula is C19H17N3O2S. The fraction of sp³-hybridized carbons (Fsp3) is 0.105. The smallest absolute Gasteiger partial charge is 0.284 e. The number of nitrogens with one attached hydrogen (secondary N) is 1. The molecule has 0 atom stereocenters. The van der Waals surface area contributed by atoms with Crippen LogP contribution < -0.4 is 11.2 Å². The van der Waals surface area contributed by atoms with E-state index in [-0.39, 0.29) is 5.56 Å². The highest BCUT2D eigenvalue weighted by atomic mass is 32.2. The van der Waals surface area contributed by atoms with E-state index >= 15 is 0 Å². The minimum Gasteiger partial charge on any atom is -0.284 e. The SMILES string of the molecule is Cc1c(Sc2ccccc2)n(CC=Cc2cccnc2)c(=O)[nH]c1=O. The van der Waals surface area contributed by atoms with Crippen LogP contribution in [0, 0.1) is 6.92 Å². The third-order valence-electron chi connectivity index (χ3n) is 3.61. The zero-order valence-corrected chi connectivity index (χ0v) is 14.5. The van der Waals surface area contributed by atoms with Crippen LogP contribution in [0.1, 0.15) is 11.1 Å². The first-order valence-electron chi connectivity index (χ1n) is 7.78. The minimum atomic E-state index is -0.412. The van der Waals surface area contributed by atoms with Crippen molar-refractivity contribution >= 4 is 17.8 Å². The second kappa shape index (κ2) is 7.81. The average molecular weight is 351 g/mol. The van der Waals surface area contributed by atoms with Gasteiger partial charge in [0, 0.05) is 29.4 Å². The van der Waals surface area contributed by atoms with Crippen molar-refractivity contribution < 1.29 is 0 Å². The number of rotatable bonds is 5. The van der Waals surface area contributed by atoms with Gasteiger partial charge in [-0.05, 0) is 30.7 Å². The van der Waals surface area contributed by atoms with Gasteiger partial charge in [-0.15, -0.1) is 0 Å². The van der Waals surface area contributed by atoms with Gasteiger partial charge in [0.1, 0.15) is 0 Å². The summed E-state index contributed by atoms with van der Waals surface area (Å²) in [6, 6.07) is 13.5. The second-order valence-corrected chi connectivity index (χ2v) is 6.47. The monoisotopic (exact) mass is 351 g/mol. The molecule has 1 aromatic carbocycles. The Kier molecular flexibility index (Phi) is 5.30. The maximum atomic E-state index is 12.3. The summed E-state index contributed by atoms with van der Waals surface area (Å²) in [5, 5.41) is 0.649. The number of benzene rings is 1. The molecule has 3 rings (SSSR count). The topological polar surface area (TPSA) is 67.8 Å². The molecule has 2 aromatic heterocycles. The lowest BCUT2D eigenvalue weighted by molar-refractivity contribution is 0.654. The van der Waals surface area contributed by atoms with Crippen molar-refractivity contribution in [1.82, 2.24) is 14.5 Å². The van der Waals surface area contributed by atoms with Gasteiger partial charge >= 0.3 is 5.69 Å². The molecule has 2 heterocycles. The lowest BCUT2D eigenvalue weighted by Crippen LogP contribution is -2.32. The van der Waals surface area contributed by atoms with E-state index in [0.29, 0.717) is 17.1 Å². The van der Waals surface area contributed by atoms with E-state index in [2.05, 4.69) is 9.97 Å². The highest BCUT2D eigenvalue weighted by Crippen LogP contribution is 2.27. The molecule has 0 saturated carbocycles. The van der Waals surface area contributed by atoms with Crippen molar-refractivity contribution in [3.63, 3.8) is 0 Å². The molecule has 0 bridgehead atoms. The first-order valence-corrected chi connectivity index (χ1v) is 8.60. The summed E-state index contributed by atoms with van der Waals surface area (Å²) in [5.41, 5.74) is 0.720. The Morgan fingerprint density at radius 1 is 1.16 bits per heavy atom.